The molecular formula is C11H16BrClN4O. The highest BCUT2D eigenvalue weighted by atomic mass is 79.9. The molecule has 2 N–H and O–H groups in total. The van der Waals surface area contributed by atoms with Gasteiger partial charge in [0, 0.05) is 19.0 Å². The Kier molecular flexibility index (Phi) is 6.35. The van der Waals surface area contributed by atoms with Crippen molar-refractivity contribution in [3.8, 4) is 0 Å². The molecule has 5 nitrogen and oxygen atoms in total. The number of carbonyl (C=O) groups is 1. The van der Waals surface area contributed by atoms with Gasteiger partial charge in [0.15, 0.2) is 0 Å². The van der Waals surface area contributed by atoms with E-state index >= 15 is 0 Å². The number of nitrogens with one attached hydrogen (secondary N) is 2. The highest BCUT2D eigenvalue weighted by Crippen LogP contribution is 2.25. The Morgan fingerprint density at radius 2 is 2.28 bits per heavy atom. The number of rotatable bonds is 6. The van der Waals surface area contributed by atoms with Gasteiger partial charge in [0.1, 0.15) is 17.3 Å². The fourth-order valence-corrected chi connectivity index (χ4v) is 1.69. The zero-order valence-electron chi connectivity index (χ0n) is 10.3. The smallest absolute Gasteiger partial charge is 0.221 e. The van der Waals surface area contributed by atoms with Crippen LogP contribution >= 0.6 is 27.5 Å². The predicted octanol–water partition coefficient (Wildman–Crippen LogP) is 2.61. The fraction of sp³-hybridized carbons (Fsp3) is 0.545. The molecule has 0 aliphatic rings. The lowest BCUT2D eigenvalue weighted by atomic mass is 10.2. The van der Waals surface area contributed by atoms with Gasteiger partial charge < -0.3 is 10.6 Å². The second-order valence-electron chi connectivity index (χ2n) is 3.88. The van der Waals surface area contributed by atoms with Crippen molar-refractivity contribution in [1.82, 2.24) is 15.3 Å². The van der Waals surface area contributed by atoms with Crippen LogP contribution in [0.2, 0.25) is 5.15 Å². The average Bonchev–Trinajstić information content (AvgIpc) is 2.34. The molecule has 1 unspecified atom stereocenters. The van der Waals surface area contributed by atoms with Crippen molar-refractivity contribution in [3.05, 3.63) is 16.0 Å². The van der Waals surface area contributed by atoms with E-state index in [1.54, 1.807) is 0 Å². The maximum absolute atomic E-state index is 11.5. The topological polar surface area (TPSA) is 66.9 Å². The zero-order chi connectivity index (χ0) is 13.5. The summed E-state index contributed by atoms with van der Waals surface area (Å²) in [7, 11) is 0. The number of anilines is 1. The third-order valence-electron chi connectivity index (χ3n) is 2.41. The Morgan fingerprint density at radius 3 is 2.94 bits per heavy atom. The minimum atomic E-state index is 0.0214. The van der Waals surface area contributed by atoms with Crippen LogP contribution in [0.5, 0.6) is 0 Å². The summed E-state index contributed by atoms with van der Waals surface area (Å²) in [5.41, 5.74) is 0. The average molecular weight is 336 g/mol. The molecule has 0 aliphatic heterocycles. The SMILES string of the molecule is CCC(C)NC(=O)CCNc1ncnc(Cl)c1Br. The van der Waals surface area contributed by atoms with Crippen molar-refractivity contribution in [1.29, 1.82) is 0 Å². The van der Waals surface area contributed by atoms with Crippen molar-refractivity contribution in [3.63, 3.8) is 0 Å². The first-order chi connectivity index (χ1) is 8.54. The van der Waals surface area contributed by atoms with Crippen LogP contribution in [0.3, 0.4) is 0 Å². The van der Waals surface area contributed by atoms with Crippen molar-refractivity contribution in [2.45, 2.75) is 32.7 Å². The maximum Gasteiger partial charge on any atom is 0.221 e. The quantitative estimate of drug-likeness (QED) is 0.784. The third-order valence-corrected chi connectivity index (χ3v) is 3.68. The Labute approximate surface area is 120 Å². The Balaban J connectivity index is 2.38. The van der Waals surface area contributed by atoms with E-state index < -0.39 is 0 Å². The molecule has 100 valence electrons. The predicted molar refractivity (Wildman–Crippen MR) is 75.7 cm³/mol. The van der Waals surface area contributed by atoms with E-state index in [0.29, 0.717) is 28.4 Å². The van der Waals surface area contributed by atoms with E-state index in [0.717, 1.165) is 6.42 Å². The van der Waals surface area contributed by atoms with Gasteiger partial charge in [-0.05, 0) is 29.3 Å². The lowest BCUT2D eigenvalue weighted by Gasteiger charge is -2.12. The van der Waals surface area contributed by atoms with Gasteiger partial charge in [-0.1, -0.05) is 18.5 Å². The zero-order valence-corrected chi connectivity index (χ0v) is 12.7. The van der Waals surface area contributed by atoms with Crippen molar-refractivity contribution in [2.24, 2.45) is 0 Å². The number of aromatic nitrogens is 2. The van der Waals surface area contributed by atoms with Gasteiger partial charge in [-0.3, -0.25) is 4.79 Å². The normalized spacial score (nSPS) is 12.0. The number of halogens is 2. The van der Waals surface area contributed by atoms with Crippen molar-refractivity contribution < 1.29 is 4.79 Å². The molecule has 18 heavy (non-hydrogen) atoms. The molecule has 1 rings (SSSR count). The molecule has 1 amide bonds. The van der Waals surface area contributed by atoms with Crippen molar-refractivity contribution in [2.75, 3.05) is 11.9 Å². The van der Waals surface area contributed by atoms with E-state index in [2.05, 4.69) is 36.5 Å². The minimum absolute atomic E-state index is 0.0214. The molecule has 1 aromatic rings. The minimum Gasteiger partial charge on any atom is -0.368 e. The summed E-state index contributed by atoms with van der Waals surface area (Å²) in [6, 6.07) is 0.206. The Bertz CT molecular complexity index is 416. The molecular weight excluding hydrogens is 320 g/mol. The third kappa shape index (κ3) is 4.78. The van der Waals surface area contributed by atoms with E-state index in [-0.39, 0.29) is 11.9 Å². The highest BCUT2D eigenvalue weighted by molar-refractivity contribution is 9.10. The van der Waals surface area contributed by atoms with Crippen LogP contribution in [-0.2, 0) is 4.79 Å². The summed E-state index contributed by atoms with van der Waals surface area (Å²) >= 11 is 9.10. The van der Waals surface area contributed by atoms with Gasteiger partial charge in [-0.25, -0.2) is 9.97 Å². The van der Waals surface area contributed by atoms with Gasteiger partial charge in [0.2, 0.25) is 5.91 Å². The van der Waals surface area contributed by atoms with E-state index in [1.165, 1.54) is 6.33 Å². The number of amides is 1. The summed E-state index contributed by atoms with van der Waals surface area (Å²) in [6.07, 6.45) is 2.68. The molecule has 0 radical (unpaired) electrons. The Hall–Kier alpha value is -0.880. The van der Waals surface area contributed by atoms with Crippen LogP contribution in [0.25, 0.3) is 0 Å². The maximum atomic E-state index is 11.5. The molecule has 1 aromatic heterocycles. The molecule has 1 atom stereocenters. The number of hydrogen-bond donors (Lipinski definition) is 2. The molecule has 0 fully saturated rings. The van der Waals surface area contributed by atoms with Crippen molar-refractivity contribution >= 4 is 39.3 Å². The summed E-state index contributed by atoms with van der Waals surface area (Å²) in [4.78, 5) is 19.4. The molecule has 0 bridgehead atoms. The van der Waals surface area contributed by atoms with Crippen LogP contribution in [-0.4, -0.2) is 28.5 Å². The largest absolute Gasteiger partial charge is 0.368 e. The first-order valence-corrected chi connectivity index (χ1v) is 6.91. The molecule has 7 heteroatoms. The second-order valence-corrected chi connectivity index (χ2v) is 5.03. The van der Waals surface area contributed by atoms with Gasteiger partial charge in [0.25, 0.3) is 0 Å². The Morgan fingerprint density at radius 1 is 1.56 bits per heavy atom. The lowest BCUT2D eigenvalue weighted by molar-refractivity contribution is -0.121. The molecule has 1 heterocycles. The van der Waals surface area contributed by atoms with Crippen LogP contribution in [0.4, 0.5) is 5.82 Å². The summed E-state index contributed by atoms with van der Waals surface area (Å²) in [6.45, 7) is 4.50. The monoisotopic (exact) mass is 334 g/mol. The molecule has 0 aliphatic carbocycles. The summed E-state index contributed by atoms with van der Waals surface area (Å²) in [5.74, 6) is 0.611. The summed E-state index contributed by atoms with van der Waals surface area (Å²) in [5, 5.41) is 6.27. The standard InChI is InChI=1S/C11H16BrClN4O/c1-3-7(2)17-8(18)4-5-14-11-9(12)10(13)15-6-16-11/h6-7H,3-5H2,1-2H3,(H,17,18)(H,14,15,16). The number of nitrogens with zero attached hydrogens (tertiary/aromatic N) is 2. The number of hydrogen-bond acceptors (Lipinski definition) is 4. The van der Waals surface area contributed by atoms with E-state index in [4.69, 9.17) is 11.6 Å². The van der Waals surface area contributed by atoms with Gasteiger partial charge in [0.05, 0.1) is 4.47 Å². The van der Waals surface area contributed by atoms with E-state index in [9.17, 15) is 4.79 Å². The highest BCUT2D eigenvalue weighted by Gasteiger charge is 2.08. The van der Waals surface area contributed by atoms with Crippen LogP contribution in [0.1, 0.15) is 26.7 Å². The second kappa shape index (κ2) is 7.53. The van der Waals surface area contributed by atoms with Gasteiger partial charge in [-0.2, -0.15) is 0 Å². The molecule has 0 spiro atoms. The lowest BCUT2D eigenvalue weighted by Crippen LogP contribution is -2.33. The fourth-order valence-electron chi connectivity index (χ4n) is 1.22. The van der Waals surface area contributed by atoms with Crippen LogP contribution in [0, 0.1) is 0 Å². The van der Waals surface area contributed by atoms with Gasteiger partial charge >= 0.3 is 0 Å². The van der Waals surface area contributed by atoms with Gasteiger partial charge in [-0.15, -0.1) is 0 Å². The first-order valence-electron chi connectivity index (χ1n) is 5.73. The van der Waals surface area contributed by atoms with Crippen LogP contribution < -0.4 is 10.6 Å². The number of carbonyl (C=O) groups excluding carboxylic acids is 1. The summed E-state index contributed by atoms with van der Waals surface area (Å²) < 4.78 is 0.606. The van der Waals surface area contributed by atoms with Crippen LogP contribution in [0.15, 0.2) is 10.8 Å². The first kappa shape index (κ1) is 15.2. The van der Waals surface area contributed by atoms with E-state index in [1.807, 2.05) is 13.8 Å². The molecule has 0 aromatic carbocycles. The molecule has 0 saturated carbocycles. The molecule has 0 saturated heterocycles.